The van der Waals surface area contributed by atoms with Crippen molar-refractivity contribution in [3.63, 3.8) is 0 Å². The van der Waals surface area contributed by atoms with E-state index in [9.17, 15) is 24.3 Å². The van der Waals surface area contributed by atoms with Crippen molar-refractivity contribution in [2.75, 3.05) is 5.32 Å². The first-order chi connectivity index (χ1) is 14.3. The summed E-state index contributed by atoms with van der Waals surface area (Å²) in [7, 11) is 0. The van der Waals surface area contributed by atoms with Gasteiger partial charge in [0, 0.05) is 22.8 Å². The number of nitrogens with one attached hydrogen (secondary N) is 1. The molecule has 0 saturated heterocycles. The fourth-order valence-electron chi connectivity index (χ4n) is 3.11. The van der Waals surface area contributed by atoms with Crippen LogP contribution in [0.5, 0.6) is 0 Å². The van der Waals surface area contributed by atoms with Gasteiger partial charge in [0.15, 0.2) is 0 Å². The molecule has 0 fully saturated rings. The van der Waals surface area contributed by atoms with Crippen molar-refractivity contribution in [3.8, 4) is 11.8 Å². The Labute approximate surface area is 172 Å². The summed E-state index contributed by atoms with van der Waals surface area (Å²) in [4.78, 5) is 23.4. The Morgan fingerprint density at radius 1 is 1.10 bits per heavy atom. The predicted molar refractivity (Wildman–Crippen MR) is 108 cm³/mol. The number of amides is 1. The monoisotopic (exact) mass is 402 g/mol. The van der Waals surface area contributed by atoms with Crippen molar-refractivity contribution in [3.05, 3.63) is 88.5 Å². The fourth-order valence-corrected chi connectivity index (χ4v) is 3.11. The number of hydrogen-bond acceptors (Lipinski definition) is 4. The van der Waals surface area contributed by atoms with Crippen LogP contribution in [0.15, 0.2) is 60.2 Å². The number of carboxylic acid groups (broad SMARTS) is 1. The minimum atomic E-state index is -1.25. The number of carbonyl (C=O) groups is 2. The molecule has 30 heavy (non-hydrogen) atoms. The van der Waals surface area contributed by atoms with E-state index >= 15 is 0 Å². The number of aryl methyl sites for hydroxylation is 1. The highest BCUT2D eigenvalue weighted by Crippen LogP contribution is 2.23. The van der Waals surface area contributed by atoms with Crippen LogP contribution in [0.2, 0.25) is 0 Å². The Morgan fingerprint density at radius 3 is 2.30 bits per heavy atom. The molecule has 7 heteroatoms. The Balaban J connectivity index is 1.91. The number of nitriles is 1. The molecule has 0 spiro atoms. The molecule has 3 rings (SSSR count). The van der Waals surface area contributed by atoms with E-state index in [1.54, 1.807) is 12.1 Å². The number of carbonyl (C=O) groups excluding carboxylic acids is 2. The molecule has 0 saturated carbocycles. The molecular weight excluding hydrogens is 385 g/mol. The number of aromatic nitrogens is 1. The molecule has 0 aliphatic carbocycles. The van der Waals surface area contributed by atoms with Crippen LogP contribution in [-0.4, -0.2) is 16.4 Å². The van der Waals surface area contributed by atoms with Crippen LogP contribution in [0.3, 0.4) is 0 Å². The molecular formula is C23H17FN3O3-. The SMILES string of the molecule is Cc1cc(/C=C(\C#N)C(=O)Nc2ccc(F)cc2)c(C)n1-c1ccc(C(=O)[O-])cc1. The van der Waals surface area contributed by atoms with Crippen molar-refractivity contribution in [1.82, 2.24) is 4.57 Å². The molecule has 0 aliphatic rings. The molecule has 1 amide bonds. The Bertz CT molecular complexity index is 1180. The van der Waals surface area contributed by atoms with E-state index in [0.717, 1.165) is 17.1 Å². The van der Waals surface area contributed by atoms with Crippen LogP contribution in [0, 0.1) is 31.0 Å². The van der Waals surface area contributed by atoms with Crippen LogP contribution in [-0.2, 0) is 4.79 Å². The Kier molecular flexibility index (Phi) is 5.79. The van der Waals surface area contributed by atoms with Gasteiger partial charge in [0.2, 0.25) is 0 Å². The quantitative estimate of drug-likeness (QED) is 0.524. The number of aromatic carboxylic acids is 1. The third kappa shape index (κ3) is 4.28. The lowest BCUT2D eigenvalue weighted by atomic mass is 10.1. The summed E-state index contributed by atoms with van der Waals surface area (Å²) in [6, 6.07) is 15.2. The molecule has 1 N–H and O–H groups in total. The number of anilines is 1. The highest BCUT2D eigenvalue weighted by Gasteiger charge is 2.14. The number of rotatable bonds is 5. The highest BCUT2D eigenvalue weighted by atomic mass is 19.1. The minimum Gasteiger partial charge on any atom is -0.545 e. The topological polar surface area (TPSA) is 98.0 Å². The van der Waals surface area contributed by atoms with Crippen molar-refractivity contribution in [2.24, 2.45) is 0 Å². The maximum Gasteiger partial charge on any atom is 0.266 e. The van der Waals surface area contributed by atoms with Crippen molar-refractivity contribution >= 4 is 23.6 Å². The maximum atomic E-state index is 13.0. The summed E-state index contributed by atoms with van der Waals surface area (Å²) in [5.41, 5.74) is 3.37. The van der Waals surface area contributed by atoms with Gasteiger partial charge in [-0.05, 0) is 73.5 Å². The van der Waals surface area contributed by atoms with E-state index in [-0.39, 0.29) is 11.1 Å². The summed E-state index contributed by atoms with van der Waals surface area (Å²) < 4.78 is 14.9. The second-order valence-electron chi connectivity index (χ2n) is 6.63. The van der Waals surface area contributed by atoms with Gasteiger partial charge in [-0.25, -0.2) is 4.39 Å². The van der Waals surface area contributed by atoms with Crippen molar-refractivity contribution in [2.45, 2.75) is 13.8 Å². The lowest BCUT2D eigenvalue weighted by Crippen LogP contribution is -2.22. The molecule has 2 aromatic carbocycles. The first kappa shape index (κ1) is 20.6. The third-order valence-electron chi connectivity index (χ3n) is 4.60. The smallest absolute Gasteiger partial charge is 0.266 e. The van der Waals surface area contributed by atoms with Gasteiger partial charge < -0.3 is 19.8 Å². The maximum absolute atomic E-state index is 13.0. The lowest BCUT2D eigenvalue weighted by molar-refractivity contribution is -0.255. The molecule has 1 heterocycles. The zero-order valence-electron chi connectivity index (χ0n) is 16.3. The summed E-state index contributed by atoms with van der Waals surface area (Å²) in [6.07, 6.45) is 1.48. The molecule has 3 aromatic rings. The lowest BCUT2D eigenvalue weighted by Gasteiger charge is -2.11. The summed E-state index contributed by atoms with van der Waals surface area (Å²) in [5.74, 6) is -2.28. The zero-order chi connectivity index (χ0) is 21.8. The predicted octanol–water partition coefficient (Wildman–Crippen LogP) is 3.14. The van der Waals surface area contributed by atoms with Gasteiger partial charge in [-0.2, -0.15) is 5.26 Å². The van der Waals surface area contributed by atoms with Crippen LogP contribution >= 0.6 is 0 Å². The fraction of sp³-hybridized carbons (Fsp3) is 0.0870. The molecule has 6 nitrogen and oxygen atoms in total. The largest absolute Gasteiger partial charge is 0.545 e. The van der Waals surface area contributed by atoms with Gasteiger partial charge in [0.1, 0.15) is 17.5 Å². The van der Waals surface area contributed by atoms with Gasteiger partial charge >= 0.3 is 0 Å². The number of halogens is 1. The van der Waals surface area contributed by atoms with E-state index in [4.69, 9.17) is 0 Å². The van der Waals surface area contributed by atoms with E-state index in [0.29, 0.717) is 11.3 Å². The molecule has 0 unspecified atom stereocenters. The number of nitrogens with zero attached hydrogens (tertiary/aromatic N) is 2. The average molecular weight is 402 g/mol. The summed E-state index contributed by atoms with van der Waals surface area (Å²) >= 11 is 0. The van der Waals surface area contributed by atoms with Gasteiger partial charge in [-0.15, -0.1) is 0 Å². The Morgan fingerprint density at radius 2 is 1.73 bits per heavy atom. The molecule has 0 radical (unpaired) electrons. The zero-order valence-corrected chi connectivity index (χ0v) is 16.3. The standard InChI is InChI=1S/C23H18FN3O3/c1-14-11-17(15(2)27(14)21-9-3-16(4-10-21)23(29)30)12-18(13-25)22(28)26-20-7-5-19(24)6-8-20/h3-12H,1-2H3,(H,26,28)(H,29,30)/p-1/b18-12+. The van der Waals surface area contributed by atoms with Crippen LogP contribution in [0.4, 0.5) is 10.1 Å². The van der Waals surface area contributed by atoms with Gasteiger partial charge in [-0.1, -0.05) is 12.1 Å². The number of benzene rings is 2. The number of carboxylic acids is 1. The van der Waals surface area contributed by atoms with Crippen LogP contribution in [0.1, 0.15) is 27.3 Å². The number of hydrogen-bond donors (Lipinski definition) is 1. The minimum absolute atomic E-state index is 0.0746. The molecule has 1 aromatic heterocycles. The van der Waals surface area contributed by atoms with Crippen LogP contribution < -0.4 is 10.4 Å². The van der Waals surface area contributed by atoms with Crippen LogP contribution in [0.25, 0.3) is 11.8 Å². The van der Waals surface area contributed by atoms with E-state index in [1.807, 2.05) is 30.6 Å². The van der Waals surface area contributed by atoms with Gasteiger partial charge in [0.25, 0.3) is 5.91 Å². The normalized spacial score (nSPS) is 11.1. The van der Waals surface area contributed by atoms with E-state index in [2.05, 4.69) is 5.32 Å². The first-order valence-electron chi connectivity index (χ1n) is 8.99. The molecule has 150 valence electrons. The first-order valence-corrected chi connectivity index (χ1v) is 8.99. The average Bonchev–Trinajstić information content (AvgIpc) is 3.00. The van der Waals surface area contributed by atoms with Gasteiger partial charge in [-0.3, -0.25) is 4.79 Å². The Hall–Kier alpha value is -4.18. The molecule has 0 aliphatic heterocycles. The van der Waals surface area contributed by atoms with E-state index < -0.39 is 17.7 Å². The van der Waals surface area contributed by atoms with Gasteiger partial charge in [0.05, 0.1) is 5.97 Å². The third-order valence-corrected chi connectivity index (χ3v) is 4.60. The highest BCUT2D eigenvalue weighted by molar-refractivity contribution is 6.09. The molecule has 0 bridgehead atoms. The molecule has 0 atom stereocenters. The van der Waals surface area contributed by atoms with E-state index in [1.165, 1.54) is 42.5 Å². The second-order valence-corrected chi connectivity index (χ2v) is 6.63. The summed E-state index contributed by atoms with van der Waals surface area (Å²) in [6.45, 7) is 3.69. The summed E-state index contributed by atoms with van der Waals surface area (Å²) in [5, 5.41) is 22.9. The second kappa shape index (κ2) is 8.45. The van der Waals surface area contributed by atoms with Crippen molar-refractivity contribution < 1.29 is 19.1 Å². The van der Waals surface area contributed by atoms with Crippen molar-refractivity contribution in [1.29, 1.82) is 5.26 Å².